The summed E-state index contributed by atoms with van der Waals surface area (Å²) in [5, 5.41) is 8.20. The van der Waals surface area contributed by atoms with E-state index >= 15 is 0 Å². The van der Waals surface area contributed by atoms with E-state index in [0.29, 0.717) is 16.9 Å². The van der Waals surface area contributed by atoms with Gasteiger partial charge in [-0.3, -0.25) is 0 Å². The predicted octanol–water partition coefficient (Wildman–Crippen LogP) is 2.47. The van der Waals surface area contributed by atoms with Crippen molar-refractivity contribution < 1.29 is 8.42 Å². The van der Waals surface area contributed by atoms with Crippen molar-refractivity contribution in [1.82, 2.24) is 0 Å². The second-order valence-electron chi connectivity index (χ2n) is 4.25. The number of thiocarbonyl (C=S) groups is 1. The zero-order chi connectivity index (χ0) is 15.6. The van der Waals surface area contributed by atoms with Crippen LogP contribution in [0.2, 0.25) is 0 Å². The second kappa shape index (κ2) is 6.10. The average molecular weight is 386 g/mol. The molecule has 8 heteroatoms. The Morgan fingerprint density at radius 2 is 1.90 bits per heavy atom. The maximum absolute atomic E-state index is 11.4. The molecule has 0 aliphatic carbocycles. The molecule has 0 atom stereocenters. The van der Waals surface area contributed by atoms with Gasteiger partial charge in [0.15, 0.2) is 0 Å². The maximum atomic E-state index is 11.4. The number of hydrogen-bond donors (Lipinski definition) is 3. The minimum Gasteiger partial charge on any atom is -0.389 e. The third-order valence-electron chi connectivity index (χ3n) is 2.69. The van der Waals surface area contributed by atoms with Crippen molar-refractivity contribution in [2.24, 2.45) is 10.9 Å². The average Bonchev–Trinajstić information content (AvgIpc) is 2.40. The van der Waals surface area contributed by atoms with E-state index in [1.807, 2.05) is 6.07 Å². The molecule has 0 heterocycles. The molecule has 5 nitrogen and oxygen atoms in total. The minimum atomic E-state index is -3.75. The number of nitrogens with one attached hydrogen (secondary N) is 1. The van der Waals surface area contributed by atoms with Gasteiger partial charge in [-0.1, -0.05) is 34.2 Å². The fourth-order valence-electron chi connectivity index (χ4n) is 1.74. The molecule has 0 radical (unpaired) electrons. The van der Waals surface area contributed by atoms with E-state index in [1.54, 1.807) is 24.3 Å². The van der Waals surface area contributed by atoms with Crippen molar-refractivity contribution in [2.75, 3.05) is 5.32 Å². The Bertz CT molecular complexity index is 807. The molecule has 0 unspecified atom stereocenters. The highest BCUT2D eigenvalue weighted by atomic mass is 79.9. The van der Waals surface area contributed by atoms with Crippen molar-refractivity contribution >= 4 is 54.5 Å². The van der Waals surface area contributed by atoms with Gasteiger partial charge in [-0.2, -0.15) is 0 Å². The molecule has 0 fully saturated rings. The number of primary sulfonamides is 1. The Morgan fingerprint density at radius 3 is 2.52 bits per heavy atom. The van der Waals surface area contributed by atoms with Gasteiger partial charge in [0.25, 0.3) is 0 Å². The zero-order valence-corrected chi connectivity index (χ0v) is 13.9. The molecule has 0 saturated heterocycles. The topological polar surface area (TPSA) is 98.2 Å². The lowest BCUT2D eigenvalue weighted by Crippen LogP contribution is -2.13. The van der Waals surface area contributed by atoms with Gasteiger partial charge in [0.05, 0.1) is 4.90 Å². The monoisotopic (exact) mass is 385 g/mol. The number of anilines is 2. The summed E-state index contributed by atoms with van der Waals surface area (Å²) in [5.74, 6) is 0. The third kappa shape index (κ3) is 4.01. The van der Waals surface area contributed by atoms with Crippen molar-refractivity contribution in [2.45, 2.75) is 4.90 Å². The maximum Gasteiger partial charge on any atom is 0.238 e. The van der Waals surface area contributed by atoms with Gasteiger partial charge in [-0.15, -0.1) is 0 Å². The molecule has 0 bridgehead atoms. The fourth-order valence-corrected chi connectivity index (χ4v) is 2.83. The lowest BCUT2D eigenvalue weighted by Gasteiger charge is -2.12. The van der Waals surface area contributed by atoms with Gasteiger partial charge in [0.1, 0.15) is 4.99 Å². The Morgan fingerprint density at radius 1 is 1.19 bits per heavy atom. The first-order valence-corrected chi connectivity index (χ1v) is 8.51. The van der Waals surface area contributed by atoms with Crippen LogP contribution in [0.15, 0.2) is 51.8 Å². The van der Waals surface area contributed by atoms with Crippen LogP contribution in [-0.2, 0) is 10.0 Å². The molecule has 2 rings (SSSR count). The standard InChI is InChI=1S/C13H12BrN3O2S2/c14-8-4-5-12(11(6-8)13(15)20)17-9-2-1-3-10(7-9)21(16,18)19/h1-7,17H,(H2,15,20)(H2,16,18,19). The van der Waals surface area contributed by atoms with Crippen LogP contribution >= 0.6 is 28.1 Å². The van der Waals surface area contributed by atoms with Crippen molar-refractivity contribution in [3.05, 3.63) is 52.5 Å². The number of sulfonamides is 1. The fraction of sp³-hybridized carbons (Fsp3) is 0. The van der Waals surface area contributed by atoms with Crippen LogP contribution < -0.4 is 16.2 Å². The van der Waals surface area contributed by atoms with Crippen molar-refractivity contribution in [3.63, 3.8) is 0 Å². The predicted molar refractivity (Wildman–Crippen MR) is 91.1 cm³/mol. The highest BCUT2D eigenvalue weighted by molar-refractivity contribution is 9.10. The highest BCUT2D eigenvalue weighted by Gasteiger charge is 2.10. The number of rotatable bonds is 4. The van der Waals surface area contributed by atoms with Crippen LogP contribution in [0.1, 0.15) is 5.56 Å². The summed E-state index contributed by atoms with van der Waals surface area (Å²) in [6, 6.07) is 11.6. The zero-order valence-electron chi connectivity index (χ0n) is 10.7. The number of halogens is 1. The van der Waals surface area contributed by atoms with Crippen LogP contribution in [0.4, 0.5) is 11.4 Å². The molecule has 0 amide bonds. The molecule has 110 valence electrons. The van der Waals surface area contributed by atoms with Crippen LogP contribution in [-0.4, -0.2) is 13.4 Å². The summed E-state index contributed by atoms with van der Waals surface area (Å²) in [6.07, 6.45) is 0. The molecule has 0 saturated carbocycles. The Hall–Kier alpha value is -1.48. The number of hydrogen-bond acceptors (Lipinski definition) is 4. The number of benzene rings is 2. The van der Waals surface area contributed by atoms with Crippen molar-refractivity contribution in [1.29, 1.82) is 0 Å². The summed E-state index contributed by atoms with van der Waals surface area (Å²) >= 11 is 8.36. The summed E-state index contributed by atoms with van der Waals surface area (Å²) < 4.78 is 23.6. The van der Waals surface area contributed by atoms with E-state index in [2.05, 4.69) is 21.2 Å². The first-order valence-electron chi connectivity index (χ1n) is 5.76. The van der Waals surface area contributed by atoms with E-state index in [0.717, 1.165) is 4.47 Å². The summed E-state index contributed by atoms with van der Waals surface area (Å²) in [4.78, 5) is 0.267. The molecule has 0 aliphatic heterocycles. The first-order chi connectivity index (χ1) is 9.77. The summed E-state index contributed by atoms with van der Waals surface area (Å²) in [7, 11) is -3.75. The van der Waals surface area contributed by atoms with Crippen LogP contribution in [0.5, 0.6) is 0 Å². The van der Waals surface area contributed by atoms with Crippen LogP contribution in [0.3, 0.4) is 0 Å². The largest absolute Gasteiger partial charge is 0.389 e. The van der Waals surface area contributed by atoms with Gasteiger partial charge >= 0.3 is 0 Å². The second-order valence-corrected chi connectivity index (χ2v) is 7.17. The lowest BCUT2D eigenvalue weighted by molar-refractivity contribution is 0.598. The van der Waals surface area contributed by atoms with E-state index in [1.165, 1.54) is 12.1 Å². The minimum absolute atomic E-state index is 0.0292. The summed E-state index contributed by atoms with van der Waals surface area (Å²) in [5.41, 5.74) is 7.59. The quantitative estimate of drug-likeness (QED) is 0.702. The van der Waals surface area contributed by atoms with Gasteiger partial charge < -0.3 is 11.1 Å². The smallest absolute Gasteiger partial charge is 0.238 e. The van der Waals surface area contributed by atoms with Gasteiger partial charge in [-0.25, -0.2) is 13.6 Å². The molecule has 0 aliphatic rings. The van der Waals surface area contributed by atoms with Crippen molar-refractivity contribution in [3.8, 4) is 0 Å². The summed E-state index contributed by atoms with van der Waals surface area (Å²) in [6.45, 7) is 0. The molecule has 0 spiro atoms. The molecular weight excluding hydrogens is 374 g/mol. The SMILES string of the molecule is NC(=S)c1cc(Br)ccc1Nc1cccc(S(N)(=O)=O)c1. The van der Waals surface area contributed by atoms with Gasteiger partial charge in [0, 0.05) is 21.4 Å². The van der Waals surface area contributed by atoms with Crippen LogP contribution in [0, 0.1) is 0 Å². The lowest BCUT2D eigenvalue weighted by atomic mass is 10.1. The van der Waals surface area contributed by atoms with E-state index in [9.17, 15) is 8.42 Å². The Balaban J connectivity index is 2.41. The van der Waals surface area contributed by atoms with Gasteiger partial charge in [-0.05, 0) is 36.4 Å². The molecule has 2 aromatic carbocycles. The van der Waals surface area contributed by atoms with E-state index in [-0.39, 0.29) is 9.88 Å². The van der Waals surface area contributed by atoms with Crippen LogP contribution in [0.25, 0.3) is 0 Å². The first kappa shape index (κ1) is 15.9. The molecular formula is C13H12BrN3O2S2. The molecule has 0 aromatic heterocycles. The molecule has 2 aromatic rings. The molecule has 21 heavy (non-hydrogen) atoms. The highest BCUT2D eigenvalue weighted by Crippen LogP contribution is 2.25. The van der Waals surface area contributed by atoms with Gasteiger partial charge in [0.2, 0.25) is 10.0 Å². The van der Waals surface area contributed by atoms with E-state index < -0.39 is 10.0 Å². The number of nitrogens with two attached hydrogens (primary N) is 2. The Kier molecular flexibility index (Phi) is 4.62. The third-order valence-corrected chi connectivity index (χ3v) is 4.31. The Labute approximate surface area is 136 Å². The van der Waals surface area contributed by atoms with E-state index in [4.69, 9.17) is 23.1 Å². The molecule has 5 N–H and O–H groups in total. The normalized spacial score (nSPS) is 11.1.